The van der Waals surface area contributed by atoms with Crippen LogP contribution in [0.25, 0.3) is 0 Å². The second kappa shape index (κ2) is 3.37. The molecule has 0 saturated heterocycles. The maximum Gasteiger partial charge on any atom is 0.180 e. The number of hydrogen-bond donors (Lipinski definition) is 2. The van der Waals surface area contributed by atoms with E-state index in [2.05, 4.69) is 0 Å². The topological polar surface area (TPSA) is 55.5 Å². The molecule has 0 amide bonds. The second-order valence-corrected chi connectivity index (χ2v) is 2.25. The van der Waals surface area contributed by atoms with Gasteiger partial charge < -0.3 is 15.6 Å². The van der Waals surface area contributed by atoms with E-state index in [9.17, 15) is 0 Å². The fourth-order valence-electron chi connectivity index (χ4n) is 0.797. The van der Waals surface area contributed by atoms with Crippen molar-refractivity contribution in [1.29, 1.82) is 0 Å². The fraction of sp³-hybridized carbons (Fsp3) is 0.250. The Morgan fingerprint density at radius 1 is 1.36 bits per heavy atom. The van der Waals surface area contributed by atoms with Crippen molar-refractivity contribution in [3.63, 3.8) is 0 Å². The summed E-state index contributed by atoms with van der Waals surface area (Å²) in [5.74, 6) is 0. The van der Waals surface area contributed by atoms with Crippen LogP contribution in [0.2, 0.25) is 0 Å². The van der Waals surface area contributed by atoms with E-state index in [0.717, 1.165) is 0 Å². The van der Waals surface area contributed by atoms with E-state index >= 15 is 0 Å². The van der Waals surface area contributed by atoms with Crippen molar-refractivity contribution in [3.05, 3.63) is 29.8 Å². The lowest BCUT2D eigenvalue weighted by Crippen LogP contribution is -1.99. The van der Waals surface area contributed by atoms with Crippen molar-refractivity contribution < 1.29 is 9.84 Å². The zero-order valence-corrected chi connectivity index (χ0v) is 6.32. The molecular weight excluding hydrogens is 142 g/mol. The highest BCUT2D eigenvalue weighted by molar-refractivity contribution is 5.39. The average Bonchev–Trinajstić information content (AvgIpc) is 2.05. The molecule has 1 unspecified atom stereocenters. The van der Waals surface area contributed by atoms with Crippen LogP contribution in [0.1, 0.15) is 11.9 Å². The predicted molar refractivity (Wildman–Crippen MR) is 42.8 cm³/mol. The number of rotatable bonds is 2. The number of methoxy groups -OCH3 is 1. The van der Waals surface area contributed by atoms with Gasteiger partial charge in [-0.15, -0.1) is 0 Å². The van der Waals surface area contributed by atoms with Gasteiger partial charge >= 0.3 is 0 Å². The van der Waals surface area contributed by atoms with Gasteiger partial charge in [0.25, 0.3) is 0 Å². The molecule has 1 rings (SSSR count). The Balaban J connectivity index is 2.81. The summed E-state index contributed by atoms with van der Waals surface area (Å²) < 4.78 is 4.69. The lowest BCUT2D eigenvalue weighted by atomic mass is 10.2. The van der Waals surface area contributed by atoms with Crippen molar-refractivity contribution in [1.82, 2.24) is 0 Å². The van der Waals surface area contributed by atoms with E-state index in [-0.39, 0.29) is 0 Å². The van der Waals surface area contributed by atoms with Crippen LogP contribution in [-0.4, -0.2) is 12.2 Å². The summed E-state index contributed by atoms with van der Waals surface area (Å²) in [5.41, 5.74) is 6.83. The normalized spacial score (nSPS) is 12.9. The quantitative estimate of drug-likeness (QED) is 0.490. The summed E-state index contributed by atoms with van der Waals surface area (Å²) in [6.07, 6.45) is -0.851. The van der Waals surface area contributed by atoms with E-state index in [4.69, 9.17) is 15.6 Å². The molecule has 0 aliphatic rings. The van der Waals surface area contributed by atoms with E-state index < -0.39 is 6.29 Å². The Hall–Kier alpha value is -1.06. The molecule has 3 nitrogen and oxygen atoms in total. The van der Waals surface area contributed by atoms with Crippen molar-refractivity contribution in [2.75, 3.05) is 12.8 Å². The zero-order valence-electron chi connectivity index (χ0n) is 6.32. The average molecular weight is 153 g/mol. The van der Waals surface area contributed by atoms with Crippen LogP contribution in [-0.2, 0) is 4.74 Å². The second-order valence-electron chi connectivity index (χ2n) is 2.25. The van der Waals surface area contributed by atoms with Gasteiger partial charge in [0, 0.05) is 18.4 Å². The molecule has 60 valence electrons. The van der Waals surface area contributed by atoms with Gasteiger partial charge in [0.2, 0.25) is 0 Å². The van der Waals surface area contributed by atoms with E-state index in [0.29, 0.717) is 11.3 Å². The fourth-order valence-corrected chi connectivity index (χ4v) is 0.797. The van der Waals surface area contributed by atoms with Crippen LogP contribution in [0.15, 0.2) is 24.3 Å². The maximum absolute atomic E-state index is 9.16. The Kier molecular flexibility index (Phi) is 2.46. The summed E-state index contributed by atoms with van der Waals surface area (Å²) in [4.78, 5) is 0. The Morgan fingerprint density at radius 3 is 2.36 bits per heavy atom. The van der Waals surface area contributed by atoms with E-state index in [1.165, 1.54) is 7.11 Å². The lowest BCUT2D eigenvalue weighted by molar-refractivity contribution is -0.0769. The standard InChI is InChI=1S/C8H11NO2/c1-11-8(10)6-2-4-7(9)5-3-6/h2-5,8,10H,9H2,1H3. The van der Waals surface area contributed by atoms with Crippen LogP contribution in [0, 0.1) is 0 Å². The maximum atomic E-state index is 9.16. The van der Waals surface area contributed by atoms with Crippen molar-refractivity contribution >= 4 is 5.69 Å². The van der Waals surface area contributed by atoms with Crippen LogP contribution in [0.3, 0.4) is 0 Å². The monoisotopic (exact) mass is 153 g/mol. The molecule has 0 aromatic heterocycles. The molecule has 0 aliphatic heterocycles. The Morgan fingerprint density at radius 2 is 1.91 bits per heavy atom. The van der Waals surface area contributed by atoms with Gasteiger partial charge in [0.15, 0.2) is 6.29 Å². The number of aliphatic hydroxyl groups is 1. The first-order valence-electron chi connectivity index (χ1n) is 3.30. The van der Waals surface area contributed by atoms with Gasteiger partial charge in [-0.3, -0.25) is 0 Å². The predicted octanol–water partition coefficient (Wildman–Crippen LogP) is 0.906. The minimum absolute atomic E-state index is 0.678. The van der Waals surface area contributed by atoms with Gasteiger partial charge in [-0.2, -0.15) is 0 Å². The van der Waals surface area contributed by atoms with Crippen LogP contribution >= 0.6 is 0 Å². The number of aliphatic hydroxyl groups excluding tert-OH is 1. The summed E-state index contributed by atoms with van der Waals surface area (Å²) in [6.45, 7) is 0. The number of benzene rings is 1. The molecule has 0 saturated carbocycles. The third-order valence-corrected chi connectivity index (χ3v) is 1.44. The van der Waals surface area contributed by atoms with E-state index in [1.54, 1.807) is 24.3 Å². The first kappa shape index (κ1) is 8.04. The highest BCUT2D eigenvalue weighted by Crippen LogP contribution is 2.14. The number of ether oxygens (including phenoxy) is 1. The summed E-state index contributed by atoms with van der Waals surface area (Å²) in [5, 5.41) is 9.16. The van der Waals surface area contributed by atoms with E-state index in [1.807, 2.05) is 0 Å². The Bertz CT molecular complexity index is 220. The van der Waals surface area contributed by atoms with Crippen molar-refractivity contribution in [2.45, 2.75) is 6.29 Å². The highest BCUT2D eigenvalue weighted by atomic mass is 16.6. The third kappa shape index (κ3) is 1.93. The minimum atomic E-state index is -0.851. The number of anilines is 1. The number of nitrogens with two attached hydrogens (primary N) is 1. The minimum Gasteiger partial charge on any atom is -0.399 e. The largest absolute Gasteiger partial charge is 0.399 e. The first-order valence-corrected chi connectivity index (χ1v) is 3.30. The van der Waals surface area contributed by atoms with Crippen LogP contribution in [0.4, 0.5) is 5.69 Å². The number of nitrogen functional groups attached to an aromatic ring is 1. The van der Waals surface area contributed by atoms with Gasteiger partial charge in [-0.1, -0.05) is 12.1 Å². The van der Waals surface area contributed by atoms with Crippen LogP contribution < -0.4 is 5.73 Å². The van der Waals surface area contributed by atoms with Gasteiger partial charge in [-0.05, 0) is 12.1 Å². The molecule has 11 heavy (non-hydrogen) atoms. The number of hydrogen-bond acceptors (Lipinski definition) is 3. The van der Waals surface area contributed by atoms with Crippen molar-refractivity contribution in [2.24, 2.45) is 0 Å². The molecular formula is C8H11NO2. The molecule has 0 aliphatic carbocycles. The van der Waals surface area contributed by atoms with Gasteiger partial charge in [0.1, 0.15) is 0 Å². The molecule has 0 bridgehead atoms. The molecule has 0 fully saturated rings. The molecule has 0 spiro atoms. The smallest absolute Gasteiger partial charge is 0.180 e. The van der Waals surface area contributed by atoms with Crippen molar-refractivity contribution in [3.8, 4) is 0 Å². The molecule has 3 N–H and O–H groups in total. The van der Waals surface area contributed by atoms with Crippen LogP contribution in [0.5, 0.6) is 0 Å². The van der Waals surface area contributed by atoms with Gasteiger partial charge in [0.05, 0.1) is 0 Å². The lowest BCUT2D eigenvalue weighted by Gasteiger charge is -2.07. The molecule has 0 radical (unpaired) electrons. The molecule has 1 aromatic rings. The summed E-state index contributed by atoms with van der Waals surface area (Å²) >= 11 is 0. The zero-order chi connectivity index (χ0) is 8.27. The first-order chi connectivity index (χ1) is 5.24. The third-order valence-electron chi connectivity index (χ3n) is 1.44. The molecule has 0 heterocycles. The SMILES string of the molecule is COC(O)c1ccc(N)cc1. The molecule has 1 aromatic carbocycles. The Labute approximate surface area is 65.4 Å². The van der Waals surface area contributed by atoms with Gasteiger partial charge in [-0.25, -0.2) is 0 Å². The molecule has 1 atom stereocenters. The highest BCUT2D eigenvalue weighted by Gasteiger charge is 2.02. The summed E-state index contributed by atoms with van der Waals surface area (Å²) in [7, 11) is 1.45. The summed E-state index contributed by atoms with van der Waals surface area (Å²) in [6, 6.07) is 6.89. The molecule has 3 heteroatoms.